The zero-order chi connectivity index (χ0) is 26.3. The van der Waals surface area contributed by atoms with Gasteiger partial charge in [0.1, 0.15) is 5.75 Å². The highest BCUT2D eigenvalue weighted by Gasteiger charge is 2.24. The number of carboxylic acids is 1. The maximum absolute atomic E-state index is 12.0. The van der Waals surface area contributed by atoms with E-state index in [0.717, 1.165) is 31.9 Å². The lowest BCUT2D eigenvalue weighted by atomic mass is 9.93. The third-order valence-corrected chi connectivity index (χ3v) is 10.1. The molecule has 0 unspecified atom stereocenters. The minimum absolute atomic E-state index is 0.366. The Bertz CT molecular complexity index is 1620. The average Bonchev–Trinajstić information content (AvgIpc) is 3.18. The van der Waals surface area contributed by atoms with Crippen molar-refractivity contribution in [2.75, 3.05) is 0 Å². The fraction of sp³-hybridized carbons (Fsp3) is 0.167. The number of benzene rings is 4. The van der Waals surface area contributed by atoms with Crippen molar-refractivity contribution in [3.63, 3.8) is 0 Å². The highest BCUT2D eigenvalue weighted by atomic mass is 79.9. The quantitative estimate of drug-likeness (QED) is 0.184. The molecule has 5 aromatic rings. The number of hydrogen-bond donors (Lipinski definition) is 1. The molecule has 188 valence electrons. The van der Waals surface area contributed by atoms with Gasteiger partial charge in [-0.05, 0) is 120 Å². The highest BCUT2D eigenvalue weighted by Crippen LogP contribution is 2.49. The molecule has 37 heavy (non-hydrogen) atoms. The monoisotopic (exact) mass is 700 g/mol. The van der Waals surface area contributed by atoms with E-state index in [1.807, 2.05) is 42.5 Å². The molecular formula is C30H23Br3O3S. The van der Waals surface area contributed by atoms with Crippen LogP contribution in [0.5, 0.6) is 5.75 Å². The van der Waals surface area contributed by atoms with E-state index in [1.54, 1.807) is 11.3 Å². The lowest BCUT2D eigenvalue weighted by molar-refractivity contribution is -0.145. The van der Waals surface area contributed by atoms with Crippen molar-refractivity contribution in [2.24, 2.45) is 0 Å². The number of halogens is 3. The molecule has 4 aromatic carbocycles. The van der Waals surface area contributed by atoms with Gasteiger partial charge in [0.2, 0.25) is 0 Å². The zero-order valence-electron chi connectivity index (χ0n) is 20.1. The lowest BCUT2D eigenvalue weighted by Gasteiger charge is -2.19. The van der Waals surface area contributed by atoms with Crippen LogP contribution in [0.4, 0.5) is 0 Å². The standard InChI is InChI=1S/C30H23Br3O3S/c1-16-17(2)37-29-25(16)26(20-10-6-7-11-21(20)27(29)33)19-14-22(31)28(23(32)15-19)36-24(30(34)35)13-12-18-8-4-3-5-9-18/h3-11,14-15,24H,12-13H2,1-2H3,(H,34,35)/t24-/m0/s1. The van der Waals surface area contributed by atoms with Gasteiger partial charge in [-0.25, -0.2) is 4.79 Å². The Hall–Kier alpha value is -2.19. The van der Waals surface area contributed by atoms with Gasteiger partial charge in [0.05, 0.1) is 13.6 Å². The zero-order valence-corrected chi connectivity index (χ0v) is 25.7. The maximum Gasteiger partial charge on any atom is 0.344 e. The van der Waals surface area contributed by atoms with Crippen molar-refractivity contribution in [3.8, 4) is 16.9 Å². The summed E-state index contributed by atoms with van der Waals surface area (Å²) in [4.78, 5) is 13.3. The number of carboxylic acid groups (broad SMARTS) is 1. The predicted molar refractivity (Wildman–Crippen MR) is 164 cm³/mol. The number of aliphatic carboxylic acids is 1. The Kier molecular flexibility index (Phi) is 7.78. The van der Waals surface area contributed by atoms with Gasteiger partial charge in [0, 0.05) is 14.7 Å². The Morgan fingerprint density at radius 3 is 2.22 bits per heavy atom. The molecule has 3 nitrogen and oxygen atoms in total. The highest BCUT2D eigenvalue weighted by molar-refractivity contribution is 9.11. The van der Waals surface area contributed by atoms with Crippen molar-refractivity contribution in [3.05, 3.63) is 96.2 Å². The molecule has 1 heterocycles. The second-order valence-electron chi connectivity index (χ2n) is 8.96. The summed E-state index contributed by atoms with van der Waals surface area (Å²) < 4.78 is 9.82. The molecule has 0 saturated carbocycles. The SMILES string of the molecule is Cc1sc2c(Br)c3ccccc3c(-c3cc(Br)c(O[C@@H](CCc4ccccc4)C(=O)O)c(Br)c3)c2c1C. The van der Waals surface area contributed by atoms with Crippen LogP contribution in [0.2, 0.25) is 0 Å². The van der Waals surface area contributed by atoms with Crippen molar-refractivity contribution in [1.82, 2.24) is 0 Å². The van der Waals surface area contributed by atoms with E-state index < -0.39 is 12.1 Å². The molecule has 0 fully saturated rings. The Morgan fingerprint density at radius 1 is 0.946 bits per heavy atom. The average molecular weight is 703 g/mol. The van der Waals surface area contributed by atoms with Crippen LogP contribution in [0, 0.1) is 13.8 Å². The van der Waals surface area contributed by atoms with Crippen molar-refractivity contribution in [1.29, 1.82) is 0 Å². The Morgan fingerprint density at radius 2 is 1.57 bits per heavy atom. The minimum Gasteiger partial charge on any atom is -0.479 e. The summed E-state index contributed by atoms with van der Waals surface area (Å²) in [5, 5.41) is 13.4. The Labute approximate surface area is 244 Å². The van der Waals surface area contributed by atoms with E-state index in [4.69, 9.17) is 4.74 Å². The summed E-state index contributed by atoms with van der Waals surface area (Å²) in [6.07, 6.45) is 0.0106. The van der Waals surface area contributed by atoms with Gasteiger partial charge in [0.25, 0.3) is 0 Å². The molecule has 0 aliphatic rings. The molecule has 0 radical (unpaired) electrons. The number of thiophene rings is 1. The van der Waals surface area contributed by atoms with E-state index >= 15 is 0 Å². The fourth-order valence-corrected chi connectivity index (χ4v) is 7.94. The third-order valence-electron chi connectivity index (χ3n) is 6.63. The van der Waals surface area contributed by atoms with Crippen molar-refractivity contribution < 1.29 is 14.6 Å². The molecule has 0 aliphatic heterocycles. The van der Waals surface area contributed by atoms with E-state index in [1.165, 1.54) is 20.5 Å². The first kappa shape index (κ1) is 26.4. The molecule has 0 amide bonds. The van der Waals surface area contributed by atoms with E-state index in [2.05, 4.69) is 85.9 Å². The second-order valence-corrected chi connectivity index (χ2v) is 12.7. The molecule has 1 atom stereocenters. The lowest BCUT2D eigenvalue weighted by Crippen LogP contribution is -2.28. The van der Waals surface area contributed by atoms with Crippen molar-refractivity contribution in [2.45, 2.75) is 32.8 Å². The summed E-state index contributed by atoms with van der Waals surface area (Å²) >= 11 is 13.0. The van der Waals surface area contributed by atoms with Gasteiger partial charge in [-0.3, -0.25) is 0 Å². The molecular weight excluding hydrogens is 680 g/mol. The third kappa shape index (κ3) is 5.11. The molecule has 0 spiro atoms. The number of aryl methyl sites for hydroxylation is 3. The van der Waals surface area contributed by atoms with Gasteiger partial charge in [-0.2, -0.15) is 0 Å². The van der Waals surface area contributed by atoms with Gasteiger partial charge < -0.3 is 9.84 Å². The predicted octanol–water partition coefficient (Wildman–Crippen LogP) is 10.1. The van der Waals surface area contributed by atoms with Crippen LogP contribution in [0.15, 0.2) is 80.1 Å². The first-order chi connectivity index (χ1) is 17.8. The maximum atomic E-state index is 12.0. The van der Waals surface area contributed by atoms with Crippen molar-refractivity contribution >= 4 is 86.0 Å². The second kappa shape index (κ2) is 10.9. The van der Waals surface area contributed by atoms with Crippen LogP contribution in [0.1, 0.15) is 22.4 Å². The summed E-state index contributed by atoms with van der Waals surface area (Å²) in [5.74, 6) is -0.496. The molecule has 1 aromatic heterocycles. The molecule has 0 bridgehead atoms. The molecule has 0 saturated heterocycles. The molecule has 0 aliphatic carbocycles. The Balaban J connectivity index is 1.58. The minimum atomic E-state index is -0.983. The molecule has 7 heteroatoms. The van der Waals surface area contributed by atoms with Crippen LogP contribution < -0.4 is 4.74 Å². The number of rotatable bonds is 7. The number of carbonyl (C=O) groups is 1. The van der Waals surface area contributed by atoms with Gasteiger partial charge >= 0.3 is 5.97 Å². The summed E-state index contributed by atoms with van der Waals surface area (Å²) in [6.45, 7) is 4.33. The normalized spacial score (nSPS) is 12.2. The number of ether oxygens (including phenoxy) is 1. The fourth-order valence-electron chi connectivity index (χ4n) is 4.67. The van der Waals surface area contributed by atoms with Crippen LogP contribution in [-0.4, -0.2) is 17.2 Å². The molecule has 5 rings (SSSR count). The van der Waals surface area contributed by atoms with E-state index in [-0.39, 0.29) is 0 Å². The number of hydrogen-bond acceptors (Lipinski definition) is 3. The van der Waals surface area contributed by atoms with Crippen LogP contribution >= 0.6 is 59.1 Å². The van der Waals surface area contributed by atoms with Gasteiger partial charge in [-0.15, -0.1) is 11.3 Å². The smallest absolute Gasteiger partial charge is 0.344 e. The van der Waals surface area contributed by atoms with Crippen LogP contribution in [0.3, 0.4) is 0 Å². The van der Waals surface area contributed by atoms with Crippen LogP contribution in [0.25, 0.3) is 32.0 Å². The topological polar surface area (TPSA) is 46.5 Å². The molecule has 1 N–H and O–H groups in total. The largest absolute Gasteiger partial charge is 0.479 e. The van der Waals surface area contributed by atoms with E-state index in [9.17, 15) is 9.90 Å². The van der Waals surface area contributed by atoms with Gasteiger partial charge in [-0.1, -0.05) is 54.6 Å². The summed E-state index contributed by atoms with van der Waals surface area (Å²) in [7, 11) is 0. The van der Waals surface area contributed by atoms with Gasteiger partial charge in [0.15, 0.2) is 6.10 Å². The summed E-state index contributed by atoms with van der Waals surface area (Å²) in [5.41, 5.74) is 4.53. The first-order valence-corrected chi connectivity index (χ1v) is 15.0. The summed E-state index contributed by atoms with van der Waals surface area (Å²) in [6, 6.07) is 22.3. The van der Waals surface area contributed by atoms with Crippen LogP contribution in [-0.2, 0) is 11.2 Å². The van der Waals surface area contributed by atoms with E-state index in [0.29, 0.717) is 27.5 Å². The first-order valence-electron chi connectivity index (χ1n) is 11.8. The number of fused-ring (bicyclic) bond motifs is 2.